The summed E-state index contributed by atoms with van der Waals surface area (Å²) in [5.74, 6) is 0. The van der Waals surface area contributed by atoms with Crippen molar-refractivity contribution >= 4 is 28.5 Å². The smallest absolute Gasteiger partial charge is 0.110 e. The van der Waals surface area contributed by atoms with Crippen molar-refractivity contribution in [1.29, 1.82) is 5.26 Å². The van der Waals surface area contributed by atoms with Crippen LogP contribution in [0.4, 0.5) is 0 Å². The molecule has 3 nitrogen and oxygen atoms in total. The Labute approximate surface area is 133 Å². The summed E-state index contributed by atoms with van der Waals surface area (Å²) in [6.45, 7) is 0. The predicted octanol–water partition coefficient (Wildman–Crippen LogP) is 4.52. The molecule has 0 amide bonds. The van der Waals surface area contributed by atoms with E-state index in [1.807, 2.05) is 36.4 Å². The van der Waals surface area contributed by atoms with Gasteiger partial charge in [0.1, 0.15) is 11.8 Å². The number of benzene rings is 2. The first-order valence-electron chi connectivity index (χ1n) is 6.65. The highest BCUT2D eigenvalue weighted by Crippen LogP contribution is 2.33. The summed E-state index contributed by atoms with van der Waals surface area (Å²) in [6.07, 6.45) is 3.50. The Morgan fingerprint density at radius 3 is 2.32 bits per heavy atom. The highest BCUT2D eigenvalue weighted by Gasteiger charge is 2.18. The number of oxime groups is 1. The van der Waals surface area contributed by atoms with Crippen LogP contribution in [0.3, 0.4) is 0 Å². The average Bonchev–Trinajstić information content (AvgIpc) is 2.57. The summed E-state index contributed by atoms with van der Waals surface area (Å²) in [5, 5.41) is 22.6. The van der Waals surface area contributed by atoms with E-state index in [1.165, 1.54) is 0 Å². The molecule has 1 N–H and O–H groups in total. The first-order chi connectivity index (χ1) is 10.7. The van der Waals surface area contributed by atoms with Gasteiger partial charge in [-0.1, -0.05) is 59.2 Å². The third kappa shape index (κ3) is 2.41. The van der Waals surface area contributed by atoms with Crippen LogP contribution in [0.5, 0.6) is 0 Å². The predicted molar refractivity (Wildman–Crippen MR) is 87.8 cm³/mol. The number of rotatable bonds is 1. The minimum atomic E-state index is 0.479. The highest BCUT2D eigenvalue weighted by molar-refractivity contribution is 6.30. The van der Waals surface area contributed by atoms with Gasteiger partial charge in [-0.15, -0.1) is 0 Å². The first kappa shape index (κ1) is 14.1. The van der Waals surface area contributed by atoms with Gasteiger partial charge < -0.3 is 5.21 Å². The van der Waals surface area contributed by atoms with Crippen molar-refractivity contribution < 1.29 is 5.21 Å². The van der Waals surface area contributed by atoms with Gasteiger partial charge in [0.15, 0.2) is 0 Å². The molecule has 4 heteroatoms. The van der Waals surface area contributed by atoms with Crippen LogP contribution in [0.2, 0.25) is 5.02 Å². The van der Waals surface area contributed by atoms with Gasteiger partial charge in [-0.3, -0.25) is 0 Å². The van der Waals surface area contributed by atoms with Crippen molar-refractivity contribution in [2.24, 2.45) is 5.16 Å². The van der Waals surface area contributed by atoms with Crippen molar-refractivity contribution in [3.63, 3.8) is 0 Å². The van der Waals surface area contributed by atoms with E-state index in [1.54, 1.807) is 24.3 Å². The van der Waals surface area contributed by atoms with Gasteiger partial charge in [-0.25, -0.2) is 0 Å². The lowest BCUT2D eigenvalue weighted by molar-refractivity contribution is 0.320. The number of hydrogen-bond donors (Lipinski definition) is 1. The number of nitriles is 1. The Morgan fingerprint density at radius 2 is 1.68 bits per heavy atom. The molecule has 0 bridgehead atoms. The third-order valence-corrected chi connectivity index (χ3v) is 3.77. The number of fused-ring (bicyclic) bond motifs is 1. The molecule has 0 saturated carbocycles. The fourth-order valence-electron chi connectivity index (χ4n) is 2.49. The van der Waals surface area contributed by atoms with Gasteiger partial charge in [0.2, 0.25) is 0 Å². The summed E-state index contributed by atoms with van der Waals surface area (Å²) in [5.41, 5.74) is 4.29. The molecule has 0 aliphatic heterocycles. The lowest BCUT2D eigenvalue weighted by Crippen LogP contribution is -2.07. The van der Waals surface area contributed by atoms with E-state index in [9.17, 15) is 5.26 Å². The van der Waals surface area contributed by atoms with E-state index in [2.05, 4.69) is 11.2 Å². The lowest BCUT2D eigenvalue weighted by Gasteiger charge is -2.16. The molecule has 0 unspecified atom stereocenters. The van der Waals surface area contributed by atoms with E-state index >= 15 is 0 Å². The molecule has 22 heavy (non-hydrogen) atoms. The van der Waals surface area contributed by atoms with Gasteiger partial charge in [-0.05, 0) is 29.3 Å². The maximum Gasteiger partial charge on any atom is 0.110 e. The molecule has 106 valence electrons. The molecule has 0 radical (unpaired) electrons. The summed E-state index contributed by atoms with van der Waals surface area (Å²) in [4.78, 5) is 0. The third-order valence-electron chi connectivity index (χ3n) is 3.52. The Balaban J connectivity index is 2.25. The second-order valence-electron chi connectivity index (χ2n) is 4.77. The molecule has 0 fully saturated rings. The van der Waals surface area contributed by atoms with Gasteiger partial charge in [-0.2, -0.15) is 5.26 Å². The molecule has 0 spiro atoms. The van der Waals surface area contributed by atoms with Crippen molar-refractivity contribution in [2.45, 2.75) is 0 Å². The fraction of sp³-hybridized carbons (Fsp3) is 0. The van der Waals surface area contributed by atoms with Crippen molar-refractivity contribution in [3.8, 4) is 6.07 Å². The molecule has 3 rings (SSSR count). The van der Waals surface area contributed by atoms with Crippen LogP contribution < -0.4 is 0 Å². The molecule has 0 aromatic heterocycles. The maximum absolute atomic E-state index is 9.60. The summed E-state index contributed by atoms with van der Waals surface area (Å²) < 4.78 is 0. The van der Waals surface area contributed by atoms with Crippen LogP contribution in [0.25, 0.3) is 11.1 Å². The summed E-state index contributed by atoms with van der Waals surface area (Å²) in [7, 11) is 0. The Hall–Kier alpha value is -2.83. The zero-order valence-corrected chi connectivity index (χ0v) is 12.2. The van der Waals surface area contributed by atoms with Gasteiger partial charge in [0.05, 0.1) is 5.57 Å². The standard InChI is InChI=1S/C18H11ClN2O/c19-13-7-5-12(6-8-13)17(11-20)15-9-10-18(21-22)16-4-2-1-3-14(15)16/h1-10,22H/b17-15-,21-18+. The van der Waals surface area contributed by atoms with Gasteiger partial charge in [0.25, 0.3) is 0 Å². The van der Waals surface area contributed by atoms with Gasteiger partial charge in [0, 0.05) is 16.2 Å². The molecule has 0 saturated heterocycles. The van der Waals surface area contributed by atoms with Crippen molar-refractivity contribution in [2.75, 3.05) is 0 Å². The monoisotopic (exact) mass is 306 g/mol. The van der Waals surface area contributed by atoms with E-state index < -0.39 is 0 Å². The van der Waals surface area contributed by atoms with Crippen molar-refractivity contribution in [1.82, 2.24) is 0 Å². The molecule has 2 aromatic rings. The molecule has 1 aliphatic rings. The molecular weight excluding hydrogens is 296 g/mol. The second-order valence-corrected chi connectivity index (χ2v) is 5.21. The largest absolute Gasteiger partial charge is 0.410 e. The van der Waals surface area contributed by atoms with Crippen LogP contribution in [-0.4, -0.2) is 10.9 Å². The van der Waals surface area contributed by atoms with E-state index in [-0.39, 0.29) is 0 Å². The van der Waals surface area contributed by atoms with Crippen LogP contribution in [-0.2, 0) is 0 Å². The number of allylic oxidation sites excluding steroid dienone is 4. The van der Waals surface area contributed by atoms with E-state index in [0.29, 0.717) is 16.3 Å². The Kier molecular flexibility index (Phi) is 3.78. The Morgan fingerprint density at radius 1 is 1.00 bits per heavy atom. The SMILES string of the molecule is N#C/C(=C1C=C/C(=N\O)c2ccccc2\1)c1ccc(Cl)cc1. The van der Waals surface area contributed by atoms with Crippen LogP contribution in [0, 0.1) is 11.3 Å². The number of nitrogens with zero attached hydrogens (tertiary/aromatic N) is 2. The topological polar surface area (TPSA) is 56.4 Å². The molecular formula is C18H11ClN2O. The average molecular weight is 307 g/mol. The van der Waals surface area contributed by atoms with E-state index in [0.717, 1.165) is 22.3 Å². The summed E-state index contributed by atoms with van der Waals surface area (Å²) in [6, 6.07) is 17.0. The summed E-state index contributed by atoms with van der Waals surface area (Å²) >= 11 is 5.91. The number of halogens is 1. The number of hydrogen-bond acceptors (Lipinski definition) is 3. The van der Waals surface area contributed by atoms with Crippen LogP contribution in [0.1, 0.15) is 16.7 Å². The molecule has 1 aliphatic carbocycles. The minimum Gasteiger partial charge on any atom is -0.410 e. The molecule has 0 atom stereocenters. The van der Waals surface area contributed by atoms with Crippen LogP contribution >= 0.6 is 11.6 Å². The molecule has 0 heterocycles. The first-order valence-corrected chi connectivity index (χ1v) is 7.02. The quantitative estimate of drug-likeness (QED) is 0.478. The van der Waals surface area contributed by atoms with Gasteiger partial charge >= 0.3 is 0 Å². The van der Waals surface area contributed by atoms with Crippen molar-refractivity contribution in [3.05, 3.63) is 82.4 Å². The maximum atomic E-state index is 9.60. The zero-order chi connectivity index (χ0) is 15.5. The van der Waals surface area contributed by atoms with E-state index in [4.69, 9.17) is 16.8 Å². The molecule has 2 aromatic carbocycles. The van der Waals surface area contributed by atoms with Crippen LogP contribution in [0.15, 0.2) is 65.8 Å². The lowest BCUT2D eigenvalue weighted by atomic mass is 9.87. The minimum absolute atomic E-state index is 0.479. The second kappa shape index (κ2) is 5.88. The zero-order valence-electron chi connectivity index (χ0n) is 11.5. The Bertz CT molecular complexity index is 855. The normalized spacial score (nSPS) is 17.0. The highest BCUT2D eigenvalue weighted by atomic mass is 35.5. The fourth-order valence-corrected chi connectivity index (χ4v) is 2.61.